The van der Waals surface area contributed by atoms with E-state index < -0.39 is 30.5 Å². The first kappa shape index (κ1) is 10.9. The van der Waals surface area contributed by atoms with Crippen molar-refractivity contribution in [2.45, 2.75) is 43.9 Å². The van der Waals surface area contributed by atoms with Gasteiger partial charge in [-0.3, -0.25) is 0 Å². The maximum absolute atomic E-state index is 9.40. The third-order valence-electron chi connectivity index (χ3n) is 2.39. The Morgan fingerprint density at radius 2 is 1.54 bits per heavy atom. The molecule has 78 valence electrons. The minimum Gasteiger partial charge on any atom is -0.394 e. The molecule has 1 rings (SSSR count). The molecule has 4 unspecified atom stereocenters. The highest BCUT2D eigenvalue weighted by molar-refractivity contribution is 4.91. The normalized spacial score (nSPS) is 46.4. The van der Waals surface area contributed by atoms with Gasteiger partial charge in [-0.15, -0.1) is 0 Å². The van der Waals surface area contributed by atoms with Crippen molar-refractivity contribution in [3.63, 3.8) is 0 Å². The van der Waals surface area contributed by atoms with Crippen molar-refractivity contribution in [3.05, 3.63) is 0 Å². The van der Waals surface area contributed by atoms with Crippen LogP contribution in [0.1, 0.15) is 13.3 Å². The highest BCUT2D eigenvalue weighted by Gasteiger charge is 2.42. The first-order valence-electron chi connectivity index (χ1n) is 4.42. The van der Waals surface area contributed by atoms with Crippen molar-refractivity contribution < 1.29 is 25.2 Å². The molecule has 0 radical (unpaired) electrons. The second-order valence-corrected chi connectivity index (χ2v) is 3.28. The lowest BCUT2D eigenvalue weighted by atomic mass is 9.94. The molecule has 5 nitrogen and oxygen atoms in total. The molecule has 5 heteroatoms. The van der Waals surface area contributed by atoms with Crippen molar-refractivity contribution in [1.29, 1.82) is 0 Å². The first-order chi connectivity index (χ1) is 6.11. The molecule has 4 N–H and O–H groups in total. The van der Waals surface area contributed by atoms with Crippen molar-refractivity contribution in [3.8, 4) is 0 Å². The van der Waals surface area contributed by atoms with Crippen LogP contribution in [-0.2, 0) is 4.74 Å². The zero-order valence-corrected chi connectivity index (χ0v) is 7.50. The second kappa shape index (κ2) is 4.34. The molecule has 1 aliphatic rings. The Kier molecular flexibility index (Phi) is 3.63. The van der Waals surface area contributed by atoms with Crippen molar-refractivity contribution >= 4 is 0 Å². The summed E-state index contributed by atoms with van der Waals surface area (Å²) in [7, 11) is 0. The fraction of sp³-hybridized carbons (Fsp3) is 1.00. The van der Waals surface area contributed by atoms with E-state index in [1.165, 1.54) is 0 Å². The molecule has 0 bridgehead atoms. The minimum absolute atomic E-state index is 0.360. The van der Waals surface area contributed by atoms with Crippen LogP contribution in [0.25, 0.3) is 0 Å². The summed E-state index contributed by atoms with van der Waals surface area (Å²) in [6.45, 7) is 1.44. The third-order valence-corrected chi connectivity index (χ3v) is 2.39. The van der Waals surface area contributed by atoms with Gasteiger partial charge in [0.25, 0.3) is 0 Å². The van der Waals surface area contributed by atoms with Crippen LogP contribution in [0.4, 0.5) is 0 Å². The third kappa shape index (κ3) is 2.00. The van der Waals surface area contributed by atoms with Gasteiger partial charge >= 0.3 is 0 Å². The lowest BCUT2D eigenvalue weighted by Crippen LogP contribution is -2.58. The van der Waals surface area contributed by atoms with Crippen molar-refractivity contribution in [1.82, 2.24) is 0 Å². The molecule has 0 saturated carbocycles. The van der Waals surface area contributed by atoms with Crippen LogP contribution in [0.2, 0.25) is 0 Å². The molecular formula is C8H16O5. The summed E-state index contributed by atoms with van der Waals surface area (Å²) >= 11 is 0. The van der Waals surface area contributed by atoms with Gasteiger partial charge in [-0.1, -0.05) is 6.92 Å². The highest BCUT2D eigenvalue weighted by Crippen LogP contribution is 2.22. The molecule has 0 aromatic rings. The largest absolute Gasteiger partial charge is 0.394 e. The fourth-order valence-electron chi connectivity index (χ4n) is 1.52. The Hall–Kier alpha value is -0.200. The van der Waals surface area contributed by atoms with E-state index >= 15 is 0 Å². The number of rotatable bonds is 2. The summed E-state index contributed by atoms with van der Waals surface area (Å²) in [5.74, 6) is 0. The molecule has 1 saturated heterocycles. The van der Waals surface area contributed by atoms with Gasteiger partial charge in [0.2, 0.25) is 0 Å². The second-order valence-electron chi connectivity index (χ2n) is 3.28. The fourth-order valence-corrected chi connectivity index (χ4v) is 1.52. The van der Waals surface area contributed by atoms with Gasteiger partial charge < -0.3 is 25.2 Å². The molecule has 1 fully saturated rings. The van der Waals surface area contributed by atoms with Gasteiger partial charge in [0.15, 0.2) is 0 Å². The van der Waals surface area contributed by atoms with Gasteiger partial charge in [-0.05, 0) is 6.42 Å². The smallest absolute Gasteiger partial charge is 0.111 e. The standard InChI is InChI=1S/C8H16O5/c1-2-4-6(10)8(12)7(11)5(3-9)13-4/h4-12H,2-3H2,1H3/t4?,5?,6-,7?,8?/m1/s1. The van der Waals surface area contributed by atoms with Crippen LogP contribution in [0.15, 0.2) is 0 Å². The SMILES string of the molecule is CCC1OC(CO)C(O)C(O)[C@@H]1O. The van der Waals surface area contributed by atoms with Crippen molar-refractivity contribution in [2.75, 3.05) is 6.61 Å². The Morgan fingerprint density at radius 3 is 2.00 bits per heavy atom. The lowest BCUT2D eigenvalue weighted by Gasteiger charge is -2.39. The van der Waals surface area contributed by atoms with Gasteiger partial charge in [0.05, 0.1) is 12.7 Å². The predicted molar refractivity (Wildman–Crippen MR) is 44.1 cm³/mol. The molecule has 0 spiro atoms. The van der Waals surface area contributed by atoms with Crippen LogP contribution < -0.4 is 0 Å². The summed E-state index contributed by atoms with van der Waals surface area (Å²) in [4.78, 5) is 0. The molecule has 1 aliphatic heterocycles. The van der Waals surface area contributed by atoms with Gasteiger partial charge in [-0.2, -0.15) is 0 Å². The zero-order valence-electron chi connectivity index (χ0n) is 7.50. The average molecular weight is 192 g/mol. The van der Waals surface area contributed by atoms with Crippen LogP contribution in [-0.4, -0.2) is 57.6 Å². The topological polar surface area (TPSA) is 90.2 Å². The zero-order chi connectivity index (χ0) is 10.0. The van der Waals surface area contributed by atoms with E-state index in [0.717, 1.165) is 0 Å². The maximum Gasteiger partial charge on any atom is 0.111 e. The Morgan fingerprint density at radius 1 is 1.00 bits per heavy atom. The highest BCUT2D eigenvalue weighted by atomic mass is 16.5. The first-order valence-corrected chi connectivity index (χ1v) is 4.42. The molecule has 0 amide bonds. The molecule has 5 atom stereocenters. The van der Waals surface area contributed by atoms with E-state index in [1.807, 2.05) is 0 Å². The number of aliphatic hydroxyl groups is 4. The number of ether oxygens (including phenoxy) is 1. The summed E-state index contributed by atoms with van der Waals surface area (Å²) in [5.41, 5.74) is 0. The predicted octanol–water partition coefficient (Wildman–Crippen LogP) is -1.76. The Labute approximate surface area is 76.6 Å². The van der Waals surface area contributed by atoms with Crippen molar-refractivity contribution in [2.24, 2.45) is 0 Å². The monoisotopic (exact) mass is 192 g/mol. The lowest BCUT2D eigenvalue weighted by molar-refractivity contribution is -0.229. The van der Waals surface area contributed by atoms with Gasteiger partial charge in [0, 0.05) is 0 Å². The van der Waals surface area contributed by atoms with E-state index in [1.54, 1.807) is 6.92 Å². The van der Waals surface area contributed by atoms with Crippen LogP contribution in [0, 0.1) is 0 Å². The molecule has 13 heavy (non-hydrogen) atoms. The number of hydrogen-bond acceptors (Lipinski definition) is 5. The minimum atomic E-state index is -1.24. The summed E-state index contributed by atoms with van der Waals surface area (Å²) in [5, 5.41) is 36.9. The molecule has 0 aromatic carbocycles. The summed E-state index contributed by atoms with van der Waals surface area (Å²) in [6, 6.07) is 0. The average Bonchev–Trinajstić information content (AvgIpc) is 2.15. The van der Waals surface area contributed by atoms with E-state index in [9.17, 15) is 15.3 Å². The number of aliphatic hydroxyl groups excluding tert-OH is 4. The Balaban J connectivity index is 2.66. The van der Waals surface area contributed by atoms with Crippen LogP contribution in [0.5, 0.6) is 0 Å². The summed E-state index contributed by atoms with van der Waals surface area (Å²) < 4.78 is 5.17. The molecule has 0 aromatic heterocycles. The Bertz CT molecular complexity index is 143. The number of hydrogen-bond donors (Lipinski definition) is 4. The van der Waals surface area contributed by atoms with E-state index in [4.69, 9.17) is 9.84 Å². The van der Waals surface area contributed by atoms with Crippen LogP contribution >= 0.6 is 0 Å². The maximum atomic E-state index is 9.40. The van der Waals surface area contributed by atoms with Gasteiger partial charge in [0.1, 0.15) is 24.4 Å². The van der Waals surface area contributed by atoms with E-state index in [0.29, 0.717) is 6.42 Å². The summed E-state index contributed by atoms with van der Waals surface area (Å²) in [6.07, 6.45) is -4.33. The molecular weight excluding hydrogens is 176 g/mol. The van der Waals surface area contributed by atoms with Crippen LogP contribution in [0.3, 0.4) is 0 Å². The molecule has 1 heterocycles. The quantitative estimate of drug-likeness (QED) is 0.416. The van der Waals surface area contributed by atoms with E-state index in [2.05, 4.69) is 0 Å². The molecule has 0 aliphatic carbocycles. The van der Waals surface area contributed by atoms with Gasteiger partial charge in [-0.25, -0.2) is 0 Å². The van der Waals surface area contributed by atoms with E-state index in [-0.39, 0.29) is 6.61 Å².